The number of carbonyl (C=O) groups is 1. The molecule has 3 aromatic carbocycles. The lowest BCUT2D eigenvalue weighted by Gasteiger charge is -2.19. The summed E-state index contributed by atoms with van der Waals surface area (Å²) in [5.74, 6) is -0.0386. The van der Waals surface area contributed by atoms with Crippen LogP contribution in [0.25, 0.3) is 0 Å². The number of nitrogens with one attached hydrogen (secondary N) is 1. The van der Waals surface area contributed by atoms with Crippen molar-refractivity contribution in [3.05, 3.63) is 105 Å². The maximum Gasteiger partial charge on any atom is 0.209 e. The van der Waals surface area contributed by atoms with Gasteiger partial charge in [-0.3, -0.25) is 4.79 Å². The van der Waals surface area contributed by atoms with Crippen LogP contribution >= 0.6 is 31.9 Å². The standard InChI is InChI=1S/C22H14Br2N2O/c23-14-5-9-16(10-6-14)25-20-13-21(26-17-11-7-15(24)8-12-17)22(27)19-4-2-1-3-18(19)20/h1-13,26H. The zero-order valence-corrected chi connectivity index (χ0v) is 17.3. The van der Waals surface area contributed by atoms with Crippen LogP contribution in [0.5, 0.6) is 0 Å². The van der Waals surface area contributed by atoms with E-state index in [4.69, 9.17) is 4.99 Å². The molecule has 1 N–H and O–H groups in total. The average Bonchev–Trinajstić information content (AvgIpc) is 2.69. The summed E-state index contributed by atoms with van der Waals surface area (Å²) >= 11 is 6.86. The molecule has 5 heteroatoms. The van der Waals surface area contributed by atoms with Crippen LogP contribution in [0.1, 0.15) is 15.9 Å². The molecule has 1 aliphatic carbocycles. The van der Waals surface area contributed by atoms with E-state index in [1.54, 1.807) is 0 Å². The zero-order valence-electron chi connectivity index (χ0n) is 14.1. The lowest BCUT2D eigenvalue weighted by molar-refractivity contribution is 0.103. The quantitative estimate of drug-likeness (QED) is 0.462. The second-order valence-electron chi connectivity index (χ2n) is 6.04. The van der Waals surface area contributed by atoms with E-state index in [2.05, 4.69) is 37.2 Å². The first-order valence-corrected chi connectivity index (χ1v) is 9.91. The number of hydrogen-bond donors (Lipinski definition) is 1. The third-order valence-electron chi connectivity index (χ3n) is 4.17. The van der Waals surface area contributed by atoms with Crippen LogP contribution in [-0.4, -0.2) is 11.5 Å². The van der Waals surface area contributed by atoms with E-state index in [1.807, 2.05) is 78.9 Å². The van der Waals surface area contributed by atoms with E-state index in [-0.39, 0.29) is 5.78 Å². The van der Waals surface area contributed by atoms with E-state index in [0.29, 0.717) is 11.3 Å². The van der Waals surface area contributed by atoms with Crippen molar-refractivity contribution in [3.63, 3.8) is 0 Å². The van der Waals surface area contributed by atoms with Crippen molar-refractivity contribution >= 4 is 54.7 Å². The molecule has 0 unspecified atom stereocenters. The number of aliphatic imine (C=N–C) groups is 1. The molecule has 27 heavy (non-hydrogen) atoms. The molecule has 4 rings (SSSR count). The van der Waals surface area contributed by atoms with Gasteiger partial charge in [-0.2, -0.15) is 0 Å². The molecule has 3 nitrogen and oxygen atoms in total. The Hall–Kier alpha value is -2.50. The van der Waals surface area contributed by atoms with Crippen LogP contribution in [0.2, 0.25) is 0 Å². The van der Waals surface area contributed by atoms with Gasteiger partial charge in [0.15, 0.2) is 0 Å². The third kappa shape index (κ3) is 3.94. The molecule has 0 radical (unpaired) electrons. The molecule has 3 aromatic rings. The third-order valence-corrected chi connectivity index (χ3v) is 5.23. The number of carbonyl (C=O) groups excluding carboxylic acids is 1. The van der Waals surface area contributed by atoms with Gasteiger partial charge in [0.1, 0.15) is 0 Å². The molecular weight excluding hydrogens is 468 g/mol. The van der Waals surface area contributed by atoms with Crippen LogP contribution in [-0.2, 0) is 0 Å². The van der Waals surface area contributed by atoms with Crippen LogP contribution in [0.4, 0.5) is 11.4 Å². The highest BCUT2D eigenvalue weighted by Crippen LogP contribution is 2.26. The first-order chi connectivity index (χ1) is 13.1. The monoisotopic (exact) mass is 480 g/mol. The summed E-state index contributed by atoms with van der Waals surface area (Å²) in [5.41, 5.74) is 4.43. The number of Topliss-reactive ketones (excluding diaryl/α,β-unsaturated/α-hetero) is 1. The predicted octanol–water partition coefficient (Wildman–Crippen LogP) is 6.52. The predicted molar refractivity (Wildman–Crippen MR) is 117 cm³/mol. The fourth-order valence-electron chi connectivity index (χ4n) is 2.86. The summed E-state index contributed by atoms with van der Waals surface area (Å²) in [6, 6.07) is 23.0. The molecule has 0 amide bonds. The van der Waals surface area contributed by atoms with Gasteiger partial charge in [0.25, 0.3) is 0 Å². The van der Waals surface area contributed by atoms with Crippen molar-refractivity contribution in [2.75, 3.05) is 5.32 Å². The Morgan fingerprint density at radius 3 is 2.00 bits per heavy atom. The number of anilines is 1. The summed E-state index contributed by atoms with van der Waals surface area (Å²) in [7, 11) is 0. The zero-order chi connectivity index (χ0) is 18.8. The molecule has 132 valence electrons. The number of fused-ring (bicyclic) bond motifs is 1. The fourth-order valence-corrected chi connectivity index (χ4v) is 3.39. The molecule has 0 fully saturated rings. The van der Waals surface area contributed by atoms with E-state index in [9.17, 15) is 4.79 Å². The number of benzene rings is 3. The molecule has 0 heterocycles. The number of rotatable bonds is 3. The number of nitrogens with zero attached hydrogens (tertiary/aromatic N) is 1. The van der Waals surface area contributed by atoms with Gasteiger partial charge in [-0.15, -0.1) is 0 Å². The SMILES string of the molecule is O=C1C(Nc2ccc(Br)cc2)=CC(=Nc2ccc(Br)cc2)c2ccccc21. The van der Waals surface area contributed by atoms with Crippen LogP contribution in [0, 0.1) is 0 Å². The van der Waals surface area contributed by atoms with E-state index < -0.39 is 0 Å². The highest BCUT2D eigenvalue weighted by Gasteiger charge is 2.24. The normalized spacial score (nSPS) is 14.7. The van der Waals surface area contributed by atoms with Crippen molar-refractivity contribution in [2.24, 2.45) is 4.99 Å². The minimum Gasteiger partial charge on any atom is -0.352 e. The lowest BCUT2D eigenvalue weighted by Crippen LogP contribution is -2.21. The van der Waals surface area contributed by atoms with E-state index >= 15 is 0 Å². The molecule has 0 atom stereocenters. The van der Waals surface area contributed by atoms with E-state index in [1.165, 1.54) is 0 Å². The molecule has 0 aliphatic heterocycles. The minimum absolute atomic E-state index is 0.0386. The van der Waals surface area contributed by atoms with Gasteiger partial charge in [-0.25, -0.2) is 4.99 Å². The Labute approximate surface area is 174 Å². The van der Waals surface area contributed by atoms with Crippen molar-refractivity contribution in [1.29, 1.82) is 0 Å². The fraction of sp³-hybridized carbons (Fsp3) is 0. The Bertz CT molecular complexity index is 1070. The van der Waals surface area contributed by atoms with Crippen molar-refractivity contribution in [3.8, 4) is 0 Å². The smallest absolute Gasteiger partial charge is 0.209 e. The van der Waals surface area contributed by atoms with Gasteiger partial charge in [0.05, 0.1) is 17.1 Å². The maximum absolute atomic E-state index is 12.9. The molecule has 0 saturated carbocycles. The van der Waals surface area contributed by atoms with Gasteiger partial charge >= 0.3 is 0 Å². The number of hydrogen-bond acceptors (Lipinski definition) is 3. The Morgan fingerprint density at radius 2 is 1.33 bits per heavy atom. The Kier molecular flexibility index (Phi) is 5.05. The minimum atomic E-state index is -0.0386. The molecule has 0 spiro atoms. The Balaban J connectivity index is 1.77. The number of ketones is 1. The number of halogens is 2. The molecule has 0 aromatic heterocycles. The second-order valence-corrected chi connectivity index (χ2v) is 7.87. The molecule has 1 aliphatic rings. The first kappa shape index (κ1) is 17.9. The molecule has 0 bridgehead atoms. The Morgan fingerprint density at radius 1 is 0.741 bits per heavy atom. The summed E-state index contributed by atoms with van der Waals surface area (Å²) in [4.78, 5) is 17.7. The molecule has 0 saturated heterocycles. The van der Waals surface area contributed by atoms with Crippen LogP contribution < -0.4 is 5.32 Å². The topological polar surface area (TPSA) is 41.5 Å². The summed E-state index contributed by atoms with van der Waals surface area (Å²) in [6.45, 7) is 0. The number of allylic oxidation sites excluding steroid dienone is 2. The first-order valence-electron chi connectivity index (χ1n) is 8.33. The maximum atomic E-state index is 12.9. The van der Waals surface area contributed by atoms with Crippen molar-refractivity contribution < 1.29 is 4.79 Å². The highest BCUT2D eigenvalue weighted by atomic mass is 79.9. The average molecular weight is 482 g/mol. The van der Waals surface area contributed by atoms with Gasteiger partial charge in [-0.1, -0.05) is 56.1 Å². The van der Waals surface area contributed by atoms with Gasteiger partial charge in [0.2, 0.25) is 5.78 Å². The second kappa shape index (κ2) is 7.62. The summed E-state index contributed by atoms with van der Waals surface area (Å²) in [6.07, 6.45) is 1.81. The van der Waals surface area contributed by atoms with Gasteiger partial charge in [-0.05, 0) is 54.6 Å². The highest BCUT2D eigenvalue weighted by molar-refractivity contribution is 9.10. The van der Waals surface area contributed by atoms with E-state index in [0.717, 1.165) is 31.6 Å². The van der Waals surface area contributed by atoms with Crippen LogP contribution in [0.3, 0.4) is 0 Å². The van der Waals surface area contributed by atoms with Crippen molar-refractivity contribution in [2.45, 2.75) is 0 Å². The largest absolute Gasteiger partial charge is 0.352 e. The lowest BCUT2D eigenvalue weighted by atomic mass is 9.92. The van der Waals surface area contributed by atoms with Gasteiger partial charge < -0.3 is 5.32 Å². The van der Waals surface area contributed by atoms with Gasteiger partial charge in [0, 0.05) is 25.8 Å². The van der Waals surface area contributed by atoms with Crippen LogP contribution in [0.15, 0.2) is 98.5 Å². The van der Waals surface area contributed by atoms with Crippen molar-refractivity contribution in [1.82, 2.24) is 0 Å². The molecular formula is C22H14Br2N2O. The summed E-state index contributed by atoms with van der Waals surface area (Å²) in [5, 5.41) is 3.23. The summed E-state index contributed by atoms with van der Waals surface area (Å²) < 4.78 is 1.98.